The van der Waals surface area contributed by atoms with E-state index in [1.807, 2.05) is 36.5 Å². The molecule has 2 aromatic carbocycles. The van der Waals surface area contributed by atoms with E-state index in [4.69, 9.17) is 0 Å². The Morgan fingerprint density at radius 1 is 0.935 bits per heavy atom. The molecule has 31 heavy (non-hydrogen) atoms. The number of hydrogen-bond donors (Lipinski definition) is 2. The fourth-order valence-electron chi connectivity index (χ4n) is 4.05. The average Bonchev–Trinajstić information content (AvgIpc) is 2.83. The largest absolute Gasteiger partial charge is 0.371 e. The van der Waals surface area contributed by atoms with Crippen molar-refractivity contribution in [3.63, 3.8) is 0 Å². The predicted octanol–water partition coefficient (Wildman–Crippen LogP) is 4.37. The highest BCUT2D eigenvalue weighted by Crippen LogP contribution is 2.33. The lowest BCUT2D eigenvalue weighted by atomic mass is 10.0. The Hall–Kier alpha value is -3.41. The van der Waals surface area contributed by atoms with Gasteiger partial charge in [0.25, 0.3) is 5.91 Å². The maximum atomic E-state index is 12.5. The van der Waals surface area contributed by atoms with Gasteiger partial charge in [0.1, 0.15) is 0 Å². The second kappa shape index (κ2) is 10.1. The van der Waals surface area contributed by atoms with Crippen molar-refractivity contribution in [3.8, 4) is 0 Å². The number of pyridine rings is 1. The number of amides is 2. The van der Waals surface area contributed by atoms with Crippen LogP contribution in [0.3, 0.4) is 0 Å². The number of nitrogens with one attached hydrogen (secondary N) is 2. The number of carbonyl (C=O) groups excluding carboxylic acids is 2. The summed E-state index contributed by atoms with van der Waals surface area (Å²) in [7, 11) is 0. The van der Waals surface area contributed by atoms with Crippen LogP contribution in [-0.2, 0) is 4.79 Å². The number of fused-ring (bicyclic) bond motifs is 1. The molecule has 2 N–H and O–H groups in total. The SMILES string of the molecule is O=C(CCCNC(=O)c1ccccc1)Nc1ccc(N2CCCCC2)c2ccncc12. The number of rotatable bonds is 7. The summed E-state index contributed by atoms with van der Waals surface area (Å²) in [6.07, 6.45) is 8.25. The van der Waals surface area contributed by atoms with E-state index in [1.54, 1.807) is 18.3 Å². The summed E-state index contributed by atoms with van der Waals surface area (Å²) in [6.45, 7) is 2.59. The highest BCUT2D eigenvalue weighted by molar-refractivity contribution is 6.06. The number of piperidine rings is 1. The quantitative estimate of drug-likeness (QED) is 0.561. The second-order valence-electron chi connectivity index (χ2n) is 7.87. The molecule has 3 aromatic rings. The Morgan fingerprint density at radius 3 is 2.55 bits per heavy atom. The molecule has 0 saturated carbocycles. The molecule has 1 aliphatic heterocycles. The molecule has 0 atom stereocenters. The van der Waals surface area contributed by atoms with Gasteiger partial charge in [0.15, 0.2) is 0 Å². The fourth-order valence-corrected chi connectivity index (χ4v) is 4.05. The molecule has 6 nitrogen and oxygen atoms in total. The summed E-state index contributed by atoms with van der Waals surface area (Å²) in [4.78, 5) is 31.3. The topological polar surface area (TPSA) is 74.3 Å². The van der Waals surface area contributed by atoms with Crippen molar-refractivity contribution in [1.82, 2.24) is 10.3 Å². The molecule has 0 radical (unpaired) electrons. The maximum absolute atomic E-state index is 12.5. The minimum atomic E-state index is -0.119. The molecule has 1 saturated heterocycles. The normalized spacial score (nSPS) is 13.7. The van der Waals surface area contributed by atoms with Crippen LogP contribution in [0, 0.1) is 0 Å². The number of hydrogen-bond acceptors (Lipinski definition) is 4. The van der Waals surface area contributed by atoms with Gasteiger partial charge in [-0.25, -0.2) is 0 Å². The van der Waals surface area contributed by atoms with E-state index in [2.05, 4.69) is 26.6 Å². The van der Waals surface area contributed by atoms with E-state index in [0.717, 1.165) is 29.5 Å². The third kappa shape index (κ3) is 5.20. The zero-order valence-corrected chi connectivity index (χ0v) is 17.6. The van der Waals surface area contributed by atoms with Crippen LogP contribution < -0.4 is 15.5 Å². The van der Waals surface area contributed by atoms with Crippen molar-refractivity contribution >= 4 is 34.0 Å². The maximum Gasteiger partial charge on any atom is 0.251 e. The summed E-state index contributed by atoms with van der Waals surface area (Å²) < 4.78 is 0. The molecular formula is C25H28N4O2. The van der Waals surface area contributed by atoms with Crippen molar-refractivity contribution < 1.29 is 9.59 Å². The fraction of sp³-hybridized carbons (Fsp3) is 0.320. The number of carbonyl (C=O) groups is 2. The summed E-state index contributed by atoms with van der Waals surface area (Å²) in [6, 6.07) is 15.2. The lowest BCUT2D eigenvalue weighted by Crippen LogP contribution is -2.29. The lowest BCUT2D eigenvalue weighted by Gasteiger charge is -2.30. The third-order valence-corrected chi connectivity index (χ3v) is 5.67. The minimum absolute atomic E-state index is 0.0650. The van der Waals surface area contributed by atoms with Gasteiger partial charge in [-0.15, -0.1) is 0 Å². The Morgan fingerprint density at radius 2 is 1.74 bits per heavy atom. The average molecular weight is 417 g/mol. The Balaban J connectivity index is 1.35. The minimum Gasteiger partial charge on any atom is -0.371 e. The number of aromatic nitrogens is 1. The molecule has 2 heterocycles. The van der Waals surface area contributed by atoms with Gasteiger partial charge in [-0.05, 0) is 56.0 Å². The molecular weight excluding hydrogens is 388 g/mol. The highest BCUT2D eigenvalue weighted by atomic mass is 16.2. The van der Waals surface area contributed by atoms with Gasteiger partial charge in [0.2, 0.25) is 5.91 Å². The molecule has 2 amide bonds. The molecule has 0 bridgehead atoms. The van der Waals surface area contributed by atoms with Crippen molar-refractivity contribution in [3.05, 3.63) is 66.5 Å². The van der Waals surface area contributed by atoms with Gasteiger partial charge in [-0.1, -0.05) is 18.2 Å². The molecule has 0 aliphatic carbocycles. The molecule has 0 spiro atoms. The smallest absolute Gasteiger partial charge is 0.251 e. The van der Waals surface area contributed by atoms with Gasteiger partial charge >= 0.3 is 0 Å². The van der Waals surface area contributed by atoms with Crippen LogP contribution >= 0.6 is 0 Å². The Kier molecular flexibility index (Phi) is 6.77. The van der Waals surface area contributed by atoms with Crippen LogP contribution in [0.25, 0.3) is 10.8 Å². The highest BCUT2D eigenvalue weighted by Gasteiger charge is 2.16. The van der Waals surface area contributed by atoms with E-state index in [1.165, 1.54) is 24.9 Å². The summed E-state index contributed by atoms with van der Waals surface area (Å²) in [5, 5.41) is 7.95. The monoisotopic (exact) mass is 416 g/mol. The number of benzene rings is 2. The molecule has 160 valence electrons. The van der Waals surface area contributed by atoms with Gasteiger partial charge in [0, 0.05) is 60.5 Å². The standard InChI is InChI=1S/C25H28N4O2/c30-24(10-7-14-27-25(31)19-8-3-1-4-9-19)28-22-11-12-23(29-16-5-2-6-17-29)20-13-15-26-18-21(20)22/h1,3-4,8-9,11-13,15,18H,2,5-7,10,14,16-17H2,(H,27,31)(H,28,30). The van der Waals surface area contributed by atoms with Crippen LogP contribution in [0.2, 0.25) is 0 Å². The summed E-state index contributed by atoms with van der Waals surface area (Å²) in [5.74, 6) is -0.184. The van der Waals surface area contributed by atoms with Crippen LogP contribution in [0.1, 0.15) is 42.5 Å². The van der Waals surface area contributed by atoms with E-state index in [-0.39, 0.29) is 11.8 Å². The van der Waals surface area contributed by atoms with Crippen molar-refractivity contribution in [2.75, 3.05) is 29.9 Å². The molecule has 0 unspecified atom stereocenters. The second-order valence-corrected chi connectivity index (χ2v) is 7.87. The van der Waals surface area contributed by atoms with Gasteiger partial charge in [-0.2, -0.15) is 0 Å². The third-order valence-electron chi connectivity index (χ3n) is 5.67. The van der Waals surface area contributed by atoms with Crippen molar-refractivity contribution in [1.29, 1.82) is 0 Å². The number of nitrogens with zero attached hydrogens (tertiary/aromatic N) is 2. The van der Waals surface area contributed by atoms with Gasteiger partial charge < -0.3 is 15.5 Å². The molecule has 6 heteroatoms. The van der Waals surface area contributed by atoms with Crippen LogP contribution in [0.4, 0.5) is 11.4 Å². The molecule has 1 aliphatic rings. The van der Waals surface area contributed by atoms with Gasteiger partial charge in [0.05, 0.1) is 5.69 Å². The Bertz CT molecular complexity index is 1050. The summed E-state index contributed by atoms with van der Waals surface area (Å²) >= 11 is 0. The first kappa shape index (κ1) is 20.8. The van der Waals surface area contributed by atoms with E-state index >= 15 is 0 Å². The zero-order valence-electron chi connectivity index (χ0n) is 17.6. The van der Waals surface area contributed by atoms with Crippen LogP contribution in [0.15, 0.2) is 60.9 Å². The molecule has 1 aromatic heterocycles. The van der Waals surface area contributed by atoms with E-state index < -0.39 is 0 Å². The van der Waals surface area contributed by atoms with Crippen molar-refractivity contribution in [2.24, 2.45) is 0 Å². The predicted molar refractivity (Wildman–Crippen MR) is 124 cm³/mol. The van der Waals surface area contributed by atoms with Crippen LogP contribution in [0.5, 0.6) is 0 Å². The number of anilines is 2. The molecule has 4 rings (SSSR count). The van der Waals surface area contributed by atoms with E-state index in [9.17, 15) is 9.59 Å². The first-order valence-corrected chi connectivity index (χ1v) is 11.0. The van der Waals surface area contributed by atoms with Gasteiger partial charge in [-0.3, -0.25) is 14.6 Å². The zero-order chi connectivity index (χ0) is 21.5. The first-order valence-electron chi connectivity index (χ1n) is 11.0. The Labute approximate surface area is 182 Å². The summed E-state index contributed by atoms with van der Waals surface area (Å²) in [5.41, 5.74) is 2.61. The first-order chi connectivity index (χ1) is 15.2. The van der Waals surface area contributed by atoms with Crippen molar-refractivity contribution in [2.45, 2.75) is 32.1 Å². The van der Waals surface area contributed by atoms with E-state index in [0.29, 0.717) is 24.9 Å². The molecule has 1 fully saturated rings. The lowest BCUT2D eigenvalue weighted by molar-refractivity contribution is -0.116. The van der Waals surface area contributed by atoms with Crippen LogP contribution in [-0.4, -0.2) is 36.4 Å².